The molecule has 7 heteroatoms. The zero-order valence-corrected chi connectivity index (χ0v) is 17.3. The van der Waals surface area contributed by atoms with Crippen molar-refractivity contribution < 1.29 is 5.11 Å². The van der Waals surface area contributed by atoms with Crippen molar-refractivity contribution in [3.8, 4) is 0 Å². The summed E-state index contributed by atoms with van der Waals surface area (Å²) in [5.41, 5.74) is 1.75. The van der Waals surface area contributed by atoms with Gasteiger partial charge in [-0.25, -0.2) is 4.98 Å². The van der Waals surface area contributed by atoms with E-state index in [2.05, 4.69) is 39.4 Å². The lowest BCUT2D eigenvalue weighted by Gasteiger charge is -2.29. The van der Waals surface area contributed by atoms with Crippen LogP contribution < -0.4 is 10.6 Å². The molecule has 0 amide bonds. The summed E-state index contributed by atoms with van der Waals surface area (Å²) in [5, 5.41) is 17.1. The summed E-state index contributed by atoms with van der Waals surface area (Å²) in [6.45, 7) is 10.5. The van der Waals surface area contributed by atoms with Crippen LogP contribution in [0.25, 0.3) is 0 Å². The van der Waals surface area contributed by atoms with Crippen molar-refractivity contribution in [2.75, 3.05) is 10.6 Å². The van der Waals surface area contributed by atoms with E-state index in [4.69, 9.17) is 4.98 Å². The molecule has 0 radical (unpaired) electrons. The monoisotopic (exact) mass is 382 g/mol. The van der Waals surface area contributed by atoms with Gasteiger partial charge in [0.15, 0.2) is 5.82 Å². The van der Waals surface area contributed by atoms with Gasteiger partial charge in [-0.05, 0) is 38.3 Å². The summed E-state index contributed by atoms with van der Waals surface area (Å²) < 4.78 is 0. The number of rotatable bonds is 8. The molecule has 1 unspecified atom stereocenters. The molecule has 3 N–H and O–H groups in total. The maximum atomic E-state index is 10.4. The molecule has 0 spiro atoms. The Morgan fingerprint density at radius 2 is 2.00 bits per heavy atom. The SMILES string of the molecule is CC[C@H](Nc1nc(NCc2ccccn2)c2c(n1)C(C(C)C)C=N2)C(C)(C)O. The summed E-state index contributed by atoms with van der Waals surface area (Å²) in [6, 6.07) is 5.67. The first kappa shape index (κ1) is 20.2. The third kappa shape index (κ3) is 4.47. The lowest BCUT2D eigenvalue weighted by Crippen LogP contribution is -2.41. The highest BCUT2D eigenvalue weighted by molar-refractivity contribution is 5.85. The van der Waals surface area contributed by atoms with Gasteiger partial charge in [0.1, 0.15) is 5.69 Å². The molecule has 1 aliphatic rings. The topological polar surface area (TPSA) is 95.3 Å². The van der Waals surface area contributed by atoms with E-state index < -0.39 is 5.60 Å². The van der Waals surface area contributed by atoms with Crippen LogP contribution in [0.5, 0.6) is 0 Å². The van der Waals surface area contributed by atoms with Gasteiger partial charge in [0.05, 0.1) is 29.6 Å². The van der Waals surface area contributed by atoms with Gasteiger partial charge < -0.3 is 15.7 Å². The van der Waals surface area contributed by atoms with Gasteiger partial charge in [0, 0.05) is 18.3 Å². The minimum atomic E-state index is -0.882. The van der Waals surface area contributed by atoms with E-state index in [0.717, 1.165) is 23.5 Å². The van der Waals surface area contributed by atoms with Gasteiger partial charge in [-0.15, -0.1) is 0 Å². The predicted octanol–water partition coefficient (Wildman–Crippen LogP) is 3.90. The molecule has 0 saturated heterocycles. The lowest BCUT2D eigenvalue weighted by molar-refractivity contribution is 0.0577. The first-order valence-corrected chi connectivity index (χ1v) is 9.88. The van der Waals surface area contributed by atoms with Crippen LogP contribution in [0.1, 0.15) is 58.3 Å². The number of aliphatic hydroxyl groups is 1. The number of pyridine rings is 1. The quantitative estimate of drug-likeness (QED) is 0.641. The first-order valence-electron chi connectivity index (χ1n) is 9.88. The molecule has 3 rings (SSSR count). The smallest absolute Gasteiger partial charge is 0.225 e. The molecule has 0 fully saturated rings. The zero-order valence-electron chi connectivity index (χ0n) is 17.3. The standard InChI is InChI=1S/C21H30N6O/c1-6-16(21(4,5)28)25-20-26-17-15(13(2)3)12-23-18(17)19(27-20)24-11-14-9-7-8-10-22-14/h7-10,12-13,15-16,28H,6,11H2,1-5H3,(H2,24,25,26,27)/t15?,16-/m0/s1. The van der Waals surface area contributed by atoms with Crippen LogP contribution in [0, 0.1) is 5.92 Å². The highest BCUT2D eigenvalue weighted by atomic mass is 16.3. The minimum absolute atomic E-state index is 0.149. The van der Waals surface area contributed by atoms with Gasteiger partial charge in [-0.2, -0.15) is 4.98 Å². The molecule has 2 aromatic rings. The summed E-state index contributed by atoms with van der Waals surface area (Å²) >= 11 is 0. The Morgan fingerprint density at radius 1 is 1.21 bits per heavy atom. The van der Waals surface area contributed by atoms with E-state index in [9.17, 15) is 5.11 Å². The molecule has 1 aliphatic heterocycles. The van der Waals surface area contributed by atoms with E-state index >= 15 is 0 Å². The minimum Gasteiger partial charge on any atom is -0.388 e. The molecule has 7 nitrogen and oxygen atoms in total. The van der Waals surface area contributed by atoms with Crippen molar-refractivity contribution in [3.63, 3.8) is 0 Å². The van der Waals surface area contributed by atoms with Gasteiger partial charge >= 0.3 is 0 Å². The van der Waals surface area contributed by atoms with Crippen LogP contribution in [0.4, 0.5) is 17.5 Å². The van der Waals surface area contributed by atoms with Gasteiger partial charge in [-0.1, -0.05) is 26.8 Å². The van der Waals surface area contributed by atoms with Gasteiger partial charge in [0.25, 0.3) is 0 Å². The van der Waals surface area contributed by atoms with Crippen LogP contribution in [0.15, 0.2) is 29.4 Å². The molecule has 0 saturated carbocycles. The average molecular weight is 383 g/mol. The number of nitrogens with one attached hydrogen (secondary N) is 2. The number of aliphatic imine (C=N–C) groups is 1. The highest BCUT2D eigenvalue weighted by Gasteiger charge is 2.30. The molecule has 0 aliphatic carbocycles. The molecule has 0 bridgehead atoms. The molecule has 0 aromatic carbocycles. The Morgan fingerprint density at radius 3 is 2.61 bits per heavy atom. The van der Waals surface area contributed by atoms with E-state index in [1.807, 2.05) is 31.3 Å². The van der Waals surface area contributed by atoms with Gasteiger partial charge in [-0.3, -0.25) is 9.98 Å². The van der Waals surface area contributed by atoms with Crippen molar-refractivity contribution in [3.05, 3.63) is 35.8 Å². The normalized spacial score (nSPS) is 16.9. The van der Waals surface area contributed by atoms with E-state index in [1.54, 1.807) is 20.0 Å². The lowest BCUT2D eigenvalue weighted by atomic mass is 9.94. The van der Waals surface area contributed by atoms with Crippen LogP contribution >= 0.6 is 0 Å². The first-order chi connectivity index (χ1) is 13.3. The van der Waals surface area contributed by atoms with Crippen molar-refractivity contribution in [1.82, 2.24) is 15.0 Å². The van der Waals surface area contributed by atoms with Crippen molar-refractivity contribution >= 4 is 23.7 Å². The molecule has 3 heterocycles. The van der Waals surface area contributed by atoms with Crippen molar-refractivity contribution in [1.29, 1.82) is 0 Å². The predicted molar refractivity (Wildman–Crippen MR) is 113 cm³/mol. The van der Waals surface area contributed by atoms with E-state index in [-0.39, 0.29) is 12.0 Å². The number of aromatic nitrogens is 3. The fraction of sp³-hybridized carbons (Fsp3) is 0.524. The zero-order chi connectivity index (χ0) is 20.3. The summed E-state index contributed by atoms with van der Waals surface area (Å²) in [7, 11) is 0. The second kappa shape index (κ2) is 8.22. The fourth-order valence-electron chi connectivity index (χ4n) is 3.34. The largest absolute Gasteiger partial charge is 0.388 e. The highest BCUT2D eigenvalue weighted by Crippen LogP contribution is 2.40. The number of anilines is 2. The maximum Gasteiger partial charge on any atom is 0.225 e. The number of hydrogen-bond acceptors (Lipinski definition) is 7. The van der Waals surface area contributed by atoms with E-state index in [0.29, 0.717) is 24.2 Å². The van der Waals surface area contributed by atoms with Crippen molar-refractivity contribution in [2.45, 2.75) is 65.1 Å². The summed E-state index contributed by atoms with van der Waals surface area (Å²) in [4.78, 5) is 18.4. The van der Waals surface area contributed by atoms with Crippen LogP contribution in [0.3, 0.4) is 0 Å². The summed E-state index contributed by atoms with van der Waals surface area (Å²) in [6.07, 6.45) is 4.48. The molecule has 2 aromatic heterocycles. The second-order valence-corrected chi connectivity index (χ2v) is 8.11. The molecule has 150 valence electrons. The third-order valence-electron chi connectivity index (χ3n) is 5.04. The maximum absolute atomic E-state index is 10.4. The number of hydrogen-bond donors (Lipinski definition) is 3. The van der Waals surface area contributed by atoms with Gasteiger partial charge in [0.2, 0.25) is 5.95 Å². The molecule has 2 atom stereocenters. The Labute approximate surface area is 166 Å². The molecule has 28 heavy (non-hydrogen) atoms. The number of nitrogens with zero attached hydrogens (tertiary/aromatic N) is 4. The molecular weight excluding hydrogens is 352 g/mol. The van der Waals surface area contributed by atoms with E-state index in [1.165, 1.54) is 0 Å². The Hall–Kier alpha value is -2.54. The van der Waals surface area contributed by atoms with Crippen LogP contribution in [0.2, 0.25) is 0 Å². The fourth-order valence-corrected chi connectivity index (χ4v) is 3.34. The average Bonchev–Trinajstić information content (AvgIpc) is 3.08. The Kier molecular flexibility index (Phi) is 5.93. The third-order valence-corrected chi connectivity index (χ3v) is 5.04. The summed E-state index contributed by atoms with van der Waals surface area (Å²) in [5.74, 6) is 1.72. The Bertz CT molecular complexity index is 829. The second-order valence-electron chi connectivity index (χ2n) is 8.11. The van der Waals surface area contributed by atoms with Crippen LogP contribution in [-0.4, -0.2) is 37.9 Å². The molecular formula is C21H30N6O. The van der Waals surface area contributed by atoms with Crippen LogP contribution in [-0.2, 0) is 6.54 Å². The Balaban J connectivity index is 1.92. The van der Waals surface area contributed by atoms with Crippen molar-refractivity contribution in [2.24, 2.45) is 10.9 Å². The number of fused-ring (bicyclic) bond motifs is 1.